The Labute approximate surface area is 227 Å². The largest absolute Gasteiger partial charge is 0.493 e. The molecule has 8 heteroatoms. The molecule has 8 nitrogen and oxygen atoms in total. The number of benzene rings is 4. The Bertz CT molecular complexity index is 1340. The second-order valence-corrected chi connectivity index (χ2v) is 8.62. The van der Waals surface area contributed by atoms with Gasteiger partial charge in [0, 0.05) is 22.5 Å². The van der Waals surface area contributed by atoms with Gasteiger partial charge in [-0.1, -0.05) is 24.3 Å². The molecule has 4 aromatic rings. The summed E-state index contributed by atoms with van der Waals surface area (Å²) in [6.07, 6.45) is 0.702. The van der Waals surface area contributed by atoms with Gasteiger partial charge in [0.15, 0.2) is 23.0 Å². The van der Waals surface area contributed by atoms with E-state index in [0.717, 1.165) is 11.1 Å². The molecule has 0 aliphatic carbocycles. The summed E-state index contributed by atoms with van der Waals surface area (Å²) in [4.78, 5) is 25.3. The molecule has 0 bridgehead atoms. The molecule has 0 saturated carbocycles. The third kappa shape index (κ3) is 6.67. The van der Waals surface area contributed by atoms with Crippen molar-refractivity contribution in [3.8, 4) is 23.0 Å². The molecular formula is C31H30N2O6. The highest BCUT2D eigenvalue weighted by molar-refractivity contribution is 6.05. The minimum Gasteiger partial charge on any atom is -0.493 e. The lowest BCUT2D eigenvalue weighted by molar-refractivity contribution is 0.101. The van der Waals surface area contributed by atoms with Crippen LogP contribution in [0.25, 0.3) is 0 Å². The molecule has 0 aromatic heterocycles. The van der Waals surface area contributed by atoms with Gasteiger partial charge in [-0.2, -0.15) is 0 Å². The maximum Gasteiger partial charge on any atom is 0.255 e. The van der Waals surface area contributed by atoms with Gasteiger partial charge in [-0.25, -0.2) is 0 Å². The first-order chi connectivity index (χ1) is 18.9. The molecular weight excluding hydrogens is 496 g/mol. The topological polar surface area (TPSA) is 95.1 Å². The molecule has 4 aromatic carbocycles. The summed E-state index contributed by atoms with van der Waals surface area (Å²) in [5.41, 5.74) is 4.48. The summed E-state index contributed by atoms with van der Waals surface area (Å²) in [6.45, 7) is 0. The highest BCUT2D eigenvalue weighted by atomic mass is 16.5. The SMILES string of the molecule is COc1ccc(C(=O)Nc2ccc(Cc3ccc(NC(=O)c4ccc(OC)c(OC)c4)cc3)cc2)cc1OC. The standard InChI is InChI=1S/C31H30N2O6/c1-36-26-15-9-22(18-28(26)38-3)30(34)32-24-11-5-20(6-12-24)17-21-7-13-25(14-8-21)33-31(35)23-10-16-27(37-2)29(19-23)39-4/h5-16,18-19H,17H2,1-4H3,(H,32,34)(H,33,35). The number of rotatable bonds is 10. The summed E-state index contributed by atoms with van der Waals surface area (Å²) in [5.74, 6) is 1.63. The quantitative estimate of drug-likeness (QED) is 0.271. The van der Waals surface area contributed by atoms with Gasteiger partial charge in [-0.3, -0.25) is 9.59 Å². The number of carbonyl (C=O) groups is 2. The molecule has 0 saturated heterocycles. The Balaban J connectivity index is 1.34. The van der Waals surface area contributed by atoms with Crippen LogP contribution in [0, 0.1) is 0 Å². The highest BCUT2D eigenvalue weighted by Crippen LogP contribution is 2.29. The van der Waals surface area contributed by atoms with E-state index in [9.17, 15) is 9.59 Å². The predicted octanol–water partition coefficient (Wildman–Crippen LogP) is 5.82. The Hall–Kier alpha value is -4.98. The Morgan fingerprint density at radius 3 is 1.21 bits per heavy atom. The summed E-state index contributed by atoms with van der Waals surface area (Å²) < 4.78 is 21.0. The number of hydrogen-bond donors (Lipinski definition) is 2. The minimum atomic E-state index is -0.241. The normalized spacial score (nSPS) is 10.4. The van der Waals surface area contributed by atoms with Crippen molar-refractivity contribution in [2.45, 2.75) is 6.42 Å². The summed E-state index contributed by atoms with van der Waals surface area (Å²) >= 11 is 0. The number of hydrogen-bond acceptors (Lipinski definition) is 6. The third-order valence-electron chi connectivity index (χ3n) is 6.12. The van der Waals surface area contributed by atoms with Crippen LogP contribution < -0.4 is 29.6 Å². The van der Waals surface area contributed by atoms with E-state index in [4.69, 9.17) is 18.9 Å². The molecule has 0 spiro atoms. The van der Waals surface area contributed by atoms with Crippen LogP contribution in [0.2, 0.25) is 0 Å². The average molecular weight is 527 g/mol. The molecule has 2 amide bonds. The van der Waals surface area contributed by atoms with E-state index in [2.05, 4.69) is 10.6 Å². The van der Waals surface area contributed by atoms with Crippen LogP contribution in [0.4, 0.5) is 11.4 Å². The number of carbonyl (C=O) groups excluding carboxylic acids is 2. The fourth-order valence-corrected chi connectivity index (χ4v) is 4.01. The molecule has 0 radical (unpaired) electrons. The number of methoxy groups -OCH3 is 4. The van der Waals surface area contributed by atoms with Gasteiger partial charge >= 0.3 is 0 Å². The fourth-order valence-electron chi connectivity index (χ4n) is 4.01. The fraction of sp³-hybridized carbons (Fsp3) is 0.161. The summed E-state index contributed by atoms with van der Waals surface area (Å²) in [6, 6.07) is 25.4. The average Bonchev–Trinajstić information content (AvgIpc) is 2.98. The highest BCUT2D eigenvalue weighted by Gasteiger charge is 2.12. The molecule has 0 fully saturated rings. The van der Waals surface area contributed by atoms with E-state index >= 15 is 0 Å². The van der Waals surface area contributed by atoms with Crippen molar-refractivity contribution in [3.63, 3.8) is 0 Å². The summed E-state index contributed by atoms with van der Waals surface area (Å²) in [7, 11) is 6.16. The molecule has 0 aliphatic rings. The van der Waals surface area contributed by atoms with Gasteiger partial charge < -0.3 is 29.6 Å². The van der Waals surface area contributed by atoms with E-state index < -0.39 is 0 Å². The Morgan fingerprint density at radius 1 is 0.513 bits per heavy atom. The Morgan fingerprint density at radius 2 is 0.872 bits per heavy atom. The van der Waals surface area contributed by atoms with Crippen molar-refractivity contribution >= 4 is 23.2 Å². The van der Waals surface area contributed by atoms with Gasteiger partial charge in [0.25, 0.3) is 11.8 Å². The van der Waals surface area contributed by atoms with Gasteiger partial charge in [0.1, 0.15) is 0 Å². The van der Waals surface area contributed by atoms with E-state index in [1.54, 1.807) is 50.6 Å². The van der Waals surface area contributed by atoms with Gasteiger partial charge in [-0.15, -0.1) is 0 Å². The zero-order chi connectivity index (χ0) is 27.8. The zero-order valence-electron chi connectivity index (χ0n) is 22.2. The van der Waals surface area contributed by atoms with Crippen molar-refractivity contribution in [2.75, 3.05) is 39.1 Å². The predicted molar refractivity (Wildman–Crippen MR) is 151 cm³/mol. The molecule has 0 atom stereocenters. The van der Waals surface area contributed by atoms with Gasteiger partial charge in [0.2, 0.25) is 0 Å². The van der Waals surface area contributed by atoms with Crippen molar-refractivity contribution in [3.05, 3.63) is 107 Å². The number of ether oxygens (including phenoxy) is 4. The van der Waals surface area contributed by atoms with Crippen molar-refractivity contribution in [2.24, 2.45) is 0 Å². The van der Waals surface area contributed by atoms with Gasteiger partial charge in [0.05, 0.1) is 28.4 Å². The second-order valence-electron chi connectivity index (χ2n) is 8.62. The molecule has 2 N–H and O–H groups in total. The maximum atomic E-state index is 12.7. The van der Waals surface area contributed by atoms with E-state index in [1.807, 2.05) is 48.5 Å². The second kappa shape index (κ2) is 12.5. The summed E-state index contributed by atoms with van der Waals surface area (Å²) in [5, 5.41) is 5.80. The van der Waals surface area contributed by atoms with Crippen LogP contribution in [0.15, 0.2) is 84.9 Å². The van der Waals surface area contributed by atoms with Crippen LogP contribution in [0.3, 0.4) is 0 Å². The first-order valence-corrected chi connectivity index (χ1v) is 12.2. The van der Waals surface area contributed by atoms with Gasteiger partial charge in [-0.05, 0) is 78.2 Å². The lowest BCUT2D eigenvalue weighted by Gasteiger charge is -2.11. The molecule has 0 heterocycles. The van der Waals surface area contributed by atoms with E-state index in [-0.39, 0.29) is 11.8 Å². The Kier molecular flexibility index (Phi) is 8.68. The number of anilines is 2. The lowest BCUT2D eigenvalue weighted by Crippen LogP contribution is -2.12. The van der Waals surface area contributed by atoms with Crippen molar-refractivity contribution < 1.29 is 28.5 Å². The number of amides is 2. The van der Waals surface area contributed by atoms with Crippen LogP contribution in [0.1, 0.15) is 31.8 Å². The maximum absolute atomic E-state index is 12.7. The first-order valence-electron chi connectivity index (χ1n) is 12.2. The molecule has 0 unspecified atom stereocenters. The zero-order valence-corrected chi connectivity index (χ0v) is 22.2. The van der Waals surface area contributed by atoms with Crippen LogP contribution in [-0.2, 0) is 6.42 Å². The van der Waals surface area contributed by atoms with Crippen LogP contribution in [0.5, 0.6) is 23.0 Å². The first kappa shape index (κ1) is 27.1. The monoisotopic (exact) mass is 526 g/mol. The molecule has 200 valence electrons. The molecule has 0 aliphatic heterocycles. The molecule has 4 rings (SSSR count). The van der Waals surface area contributed by atoms with E-state index in [0.29, 0.717) is 51.9 Å². The smallest absolute Gasteiger partial charge is 0.255 e. The minimum absolute atomic E-state index is 0.241. The lowest BCUT2D eigenvalue weighted by atomic mass is 10.0. The van der Waals surface area contributed by atoms with E-state index in [1.165, 1.54) is 14.2 Å². The number of nitrogens with one attached hydrogen (secondary N) is 2. The molecule has 39 heavy (non-hydrogen) atoms. The van der Waals surface area contributed by atoms with Crippen LogP contribution in [-0.4, -0.2) is 40.3 Å². The van der Waals surface area contributed by atoms with Crippen molar-refractivity contribution in [1.29, 1.82) is 0 Å². The third-order valence-corrected chi connectivity index (χ3v) is 6.12. The van der Waals surface area contributed by atoms with Crippen molar-refractivity contribution in [1.82, 2.24) is 0 Å². The van der Waals surface area contributed by atoms with Crippen LogP contribution >= 0.6 is 0 Å².